The van der Waals surface area contributed by atoms with Gasteiger partial charge in [-0.3, -0.25) is 4.79 Å². The largest absolute Gasteiger partial charge is 0.493 e. The first-order valence-corrected chi connectivity index (χ1v) is 14.9. The molecule has 2 bridgehead atoms. The quantitative estimate of drug-likeness (QED) is 0.276. The molecule has 2 aliphatic rings. The lowest BCUT2D eigenvalue weighted by Crippen LogP contribution is -2.52. The van der Waals surface area contributed by atoms with Crippen molar-refractivity contribution in [2.24, 2.45) is 11.8 Å². The van der Waals surface area contributed by atoms with Crippen molar-refractivity contribution in [3.63, 3.8) is 0 Å². The second-order valence-corrected chi connectivity index (χ2v) is 11.4. The summed E-state index contributed by atoms with van der Waals surface area (Å²) in [6.07, 6.45) is 6.53. The maximum atomic E-state index is 11.9. The summed E-state index contributed by atoms with van der Waals surface area (Å²) < 4.78 is 17.4. The molecule has 216 valence electrons. The van der Waals surface area contributed by atoms with Crippen molar-refractivity contribution in [2.45, 2.75) is 58.0 Å². The molecule has 0 saturated carbocycles. The number of carbonyl (C=O) groups is 1. The molecule has 7 heteroatoms. The van der Waals surface area contributed by atoms with Gasteiger partial charge < -0.3 is 24.0 Å². The zero-order chi connectivity index (χ0) is 28.3. The van der Waals surface area contributed by atoms with E-state index in [2.05, 4.69) is 22.8 Å². The van der Waals surface area contributed by atoms with Crippen LogP contribution in [0.2, 0.25) is 0 Å². The van der Waals surface area contributed by atoms with E-state index in [0.29, 0.717) is 22.8 Å². The van der Waals surface area contributed by atoms with Gasteiger partial charge in [0.1, 0.15) is 17.6 Å². The molecule has 4 rings (SSSR count). The summed E-state index contributed by atoms with van der Waals surface area (Å²) >= 11 is 0. The average Bonchev–Trinajstić information content (AvgIpc) is 2.96. The minimum Gasteiger partial charge on any atom is -0.493 e. The van der Waals surface area contributed by atoms with E-state index in [1.54, 1.807) is 14.2 Å². The summed E-state index contributed by atoms with van der Waals surface area (Å²) in [4.78, 5) is 17.1. The minimum atomic E-state index is -0.124. The number of Topliss-reactive ketones (excluding diaryl/α,β-unsaturated/α-hetero) is 1. The molecule has 0 aromatic heterocycles. The van der Waals surface area contributed by atoms with Gasteiger partial charge in [0, 0.05) is 45.1 Å². The Labute approximate surface area is 240 Å². The highest BCUT2D eigenvalue weighted by atomic mass is 16.5. The number of benzene rings is 2. The van der Waals surface area contributed by atoms with E-state index in [0.717, 1.165) is 101 Å². The van der Waals surface area contributed by atoms with Crippen LogP contribution in [0.5, 0.6) is 17.2 Å². The summed E-state index contributed by atoms with van der Waals surface area (Å²) in [6, 6.07) is 15.6. The minimum absolute atomic E-state index is 0.124. The van der Waals surface area contributed by atoms with Crippen LogP contribution in [0.1, 0.15) is 69.1 Å². The molecule has 2 aliphatic heterocycles. The second-order valence-electron chi connectivity index (χ2n) is 11.4. The van der Waals surface area contributed by atoms with Crippen molar-refractivity contribution in [1.82, 2.24) is 9.80 Å². The Hall–Kier alpha value is -3.08. The van der Waals surface area contributed by atoms with Crippen LogP contribution in [-0.2, 0) is 4.79 Å². The lowest BCUT2D eigenvalue weighted by Gasteiger charge is -2.46. The third-order valence-electron chi connectivity index (χ3n) is 8.18. The predicted octanol–water partition coefficient (Wildman–Crippen LogP) is 5.88. The summed E-state index contributed by atoms with van der Waals surface area (Å²) in [5.74, 6) is 3.90. The third kappa shape index (κ3) is 8.46. The van der Waals surface area contributed by atoms with Crippen LogP contribution < -0.4 is 14.2 Å². The number of methoxy groups -OCH3 is 2. The Morgan fingerprint density at radius 1 is 0.925 bits per heavy atom. The third-order valence-corrected chi connectivity index (χ3v) is 8.18. The molecular formula is C33H45N3O4. The zero-order valence-electron chi connectivity index (χ0n) is 24.4. The lowest BCUT2D eigenvalue weighted by molar-refractivity contribution is -0.119. The second kappa shape index (κ2) is 15.1. The van der Waals surface area contributed by atoms with Crippen molar-refractivity contribution < 1.29 is 19.0 Å². The van der Waals surface area contributed by atoms with Crippen LogP contribution in [0.4, 0.5) is 0 Å². The Kier molecular flexibility index (Phi) is 11.3. The molecule has 3 unspecified atom stereocenters. The average molecular weight is 548 g/mol. The van der Waals surface area contributed by atoms with E-state index in [-0.39, 0.29) is 6.10 Å². The Morgan fingerprint density at radius 3 is 2.17 bits per heavy atom. The SMILES string of the molecule is CCCC(=O)CCCN1CC2CC(C1)CN(CCCC(Oc1ccc(OC)c(OC)c1)c1ccc(C#N)cc1)C2. The summed E-state index contributed by atoms with van der Waals surface area (Å²) in [7, 11) is 3.25. The fourth-order valence-corrected chi connectivity index (χ4v) is 6.38. The van der Waals surface area contributed by atoms with E-state index in [1.807, 2.05) is 42.5 Å². The number of carbonyl (C=O) groups excluding carboxylic acids is 1. The van der Waals surface area contributed by atoms with Gasteiger partial charge in [0.25, 0.3) is 0 Å². The number of nitrogens with zero attached hydrogens (tertiary/aromatic N) is 3. The molecule has 2 saturated heterocycles. The van der Waals surface area contributed by atoms with Gasteiger partial charge in [0.05, 0.1) is 25.9 Å². The van der Waals surface area contributed by atoms with E-state index >= 15 is 0 Å². The first kappa shape index (κ1) is 29.9. The normalized spacial score (nSPS) is 19.9. The molecule has 0 radical (unpaired) electrons. The van der Waals surface area contributed by atoms with Crippen LogP contribution in [-0.4, -0.2) is 69.1 Å². The molecule has 40 heavy (non-hydrogen) atoms. The number of hydrogen-bond acceptors (Lipinski definition) is 7. The lowest BCUT2D eigenvalue weighted by atomic mass is 9.84. The first-order chi connectivity index (χ1) is 19.5. The van der Waals surface area contributed by atoms with Gasteiger partial charge >= 0.3 is 0 Å². The number of hydrogen-bond donors (Lipinski definition) is 0. The van der Waals surface area contributed by atoms with Crippen LogP contribution in [0.25, 0.3) is 0 Å². The number of nitriles is 1. The topological polar surface area (TPSA) is 75.0 Å². The fourth-order valence-electron chi connectivity index (χ4n) is 6.38. The molecule has 2 aromatic rings. The van der Waals surface area contributed by atoms with Gasteiger partial charge in [-0.1, -0.05) is 19.1 Å². The van der Waals surface area contributed by atoms with Gasteiger partial charge in [0.15, 0.2) is 11.5 Å². The molecule has 0 N–H and O–H groups in total. The summed E-state index contributed by atoms with van der Waals surface area (Å²) in [5.41, 5.74) is 1.72. The molecule has 7 nitrogen and oxygen atoms in total. The van der Waals surface area contributed by atoms with Gasteiger partial charge in [-0.25, -0.2) is 0 Å². The molecule has 3 atom stereocenters. The molecule has 2 fully saturated rings. The van der Waals surface area contributed by atoms with Gasteiger partial charge in [-0.2, -0.15) is 5.26 Å². The summed E-state index contributed by atoms with van der Waals surface area (Å²) in [6.45, 7) is 8.81. The highest BCUT2D eigenvalue weighted by Crippen LogP contribution is 2.35. The zero-order valence-corrected chi connectivity index (χ0v) is 24.4. The Morgan fingerprint density at radius 2 is 1.57 bits per heavy atom. The summed E-state index contributed by atoms with van der Waals surface area (Å²) in [5, 5.41) is 9.23. The molecule has 0 amide bonds. The molecular weight excluding hydrogens is 502 g/mol. The van der Waals surface area contributed by atoms with E-state index in [4.69, 9.17) is 14.2 Å². The van der Waals surface area contributed by atoms with E-state index in [1.165, 1.54) is 6.42 Å². The van der Waals surface area contributed by atoms with Crippen LogP contribution in [0.15, 0.2) is 42.5 Å². The fraction of sp³-hybridized carbons (Fsp3) is 0.576. The van der Waals surface area contributed by atoms with Crippen molar-refractivity contribution in [2.75, 3.05) is 53.5 Å². The van der Waals surface area contributed by atoms with E-state index < -0.39 is 0 Å². The van der Waals surface area contributed by atoms with Gasteiger partial charge in [-0.15, -0.1) is 0 Å². The van der Waals surface area contributed by atoms with Crippen LogP contribution in [0.3, 0.4) is 0 Å². The molecule has 2 heterocycles. The highest BCUT2D eigenvalue weighted by molar-refractivity contribution is 5.78. The number of ether oxygens (including phenoxy) is 3. The number of rotatable bonds is 15. The highest BCUT2D eigenvalue weighted by Gasteiger charge is 2.33. The number of likely N-dealkylation sites (tertiary alicyclic amines) is 2. The first-order valence-electron chi connectivity index (χ1n) is 14.9. The van der Waals surface area contributed by atoms with Crippen LogP contribution in [0, 0.1) is 23.2 Å². The molecule has 0 spiro atoms. The van der Waals surface area contributed by atoms with Gasteiger partial charge in [-0.05, 0) is 86.9 Å². The van der Waals surface area contributed by atoms with Crippen molar-refractivity contribution in [3.05, 3.63) is 53.6 Å². The number of ketones is 1. The predicted molar refractivity (Wildman–Crippen MR) is 157 cm³/mol. The Bertz CT molecular complexity index is 1120. The van der Waals surface area contributed by atoms with Gasteiger partial charge in [0.2, 0.25) is 0 Å². The Balaban J connectivity index is 1.31. The van der Waals surface area contributed by atoms with Crippen LogP contribution >= 0.6 is 0 Å². The number of fused-ring (bicyclic) bond motifs is 2. The molecule has 2 aromatic carbocycles. The standard InChI is InChI=1S/C33H45N3O4/c1-4-7-29(37)8-5-16-35-21-26-18-27(22-35)24-36(23-26)17-6-9-31(28-12-10-25(20-34)11-13-28)40-30-14-15-32(38-2)33(19-30)39-3/h10-15,19,26-27,31H,4-9,16-18,21-24H2,1-3H3. The van der Waals surface area contributed by atoms with Crippen molar-refractivity contribution in [1.29, 1.82) is 5.26 Å². The van der Waals surface area contributed by atoms with Crippen molar-refractivity contribution >= 4 is 5.78 Å². The number of piperidine rings is 2. The smallest absolute Gasteiger partial charge is 0.164 e. The van der Waals surface area contributed by atoms with E-state index in [9.17, 15) is 10.1 Å². The molecule has 0 aliphatic carbocycles. The monoisotopic (exact) mass is 547 g/mol. The van der Waals surface area contributed by atoms with Crippen molar-refractivity contribution in [3.8, 4) is 23.3 Å². The maximum Gasteiger partial charge on any atom is 0.164 e. The maximum absolute atomic E-state index is 11.9.